The Labute approximate surface area is 220 Å². The van der Waals surface area contributed by atoms with E-state index in [1.807, 2.05) is 44.2 Å². The van der Waals surface area contributed by atoms with Crippen LogP contribution in [0.2, 0.25) is 0 Å². The Kier molecular flexibility index (Phi) is 8.25. The Morgan fingerprint density at radius 3 is 2.70 bits per heavy atom. The molecule has 0 spiro atoms. The van der Waals surface area contributed by atoms with Crippen LogP contribution in [0, 0.1) is 0 Å². The fourth-order valence-electron chi connectivity index (χ4n) is 4.73. The third-order valence-electron chi connectivity index (χ3n) is 6.67. The zero-order valence-corrected chi connectivity index (χ0v) is 22.2. The van der Waals surface area contributed by atoms with Gasteiger partial charge < -0.3 is 9.73 Å². The van der Waals surface area contributed by atoms with E-state index in [1.165, 1.54) is 5.57 Å². The molecule has 1 atom stereocenters. The Bertz CT molecular complexity index is 1490. The largest absolute Gasteiger partial charge is 0.455 e. The fraction of sp³-hybridized carbons (Fsp3) is 0.206. The Morgan fingerprint density at radius 2 is 2.00 bits per heavy atom. The van der Waals surface area contributed by atoms with Crippen LogP contribution in [0.4, 0.5) is 0 Å². The second-order valence-corrected chi connectivity index (χ2v) is 9.31. The van der Waals surface area contributed by atoms with Crippen molar-refractivity contribution < 1.29 is 4.42 Å². The molecule has 3 aliphatic rings. The van der Waals surface area contributed by atoms with Gasteiger partial charge in [-0.3, -0.25) is 0 Å². The molecule has 0 saturated heterocycles. The molecular formula is C34H36N2O. The van der Waals surface area contributed by atoms with Gasteiger partial charge in [0.15, 0.2) is 5.42 Å². The van der Waals surface area contributed by atoms with Crippen LogP contribution in [0.25, 0.3) is 12.2 Å². The molecule has 1 aromatic rings. The topological polar surface area (TPSA) is 37.5 Å². The van der Waals surface area contributed by atoms with Crippen LogP contribution in [-0.2, 0) is 6.42 Å². The van der Waals surface area contributed by atoms with Crippen molar-refractivity contribution in [3.63, 3.8) is 0 Å². The Balaban J connectivity index is 1.65. The van der Waals surface area contributed by atoms with Crippen LogP contribution >= 0.6 is 0 Å². The van der Waals surface area contributed by atoms with Crippen LogP contribution in [0.1, 0.15) is 44.9 Å². The lowest BCUT2D eigenvalue weighted by Crippen LogP contribution is -2.29. The number of rotatable bonds is 8. The molecule has 0 fully saturated rings. The lowest BCUT2D eigenvalue weighted by Gasteiger charge is -2.23. The highest BCUT2D eigenvalue weighted by atomic mass is 16.3. The highest BCUT2D eigenvalue weighted by molar-refractivity contribution is 5.59. The van der Waals surface area contributed by atoms with Gasteiger partial charge in [-0.2, -0.15) is 0 Å². The van der Waals surface area contributed by atoms with E-state index in [4.69, 9.17) is 9.41 Å². The number of hydrogen-bond acceptors (Lipinski definition) is 3. The first-order valence-electron chi connectivity index (χ1n) is 12.9. The maximum Gasteiger partial charge on any atom is 0.153 e. The van der Waals surface area contributed by atoms with Crippen molar-refractivity contribution in [1.29, 1.82) is 0 Å². The van der Waals surface area contributed by atoms with Gasteiger partial charge in [0, 0.05) is 28.4 Å². The maximum absolute atomic E-state index is 6.16. The summed E-state index contributed by atoms with van der Waals surface area (Å²) in [6, 6.07) is 0.121. The smallest absolute Gasteiger partial charge is 0.153 e. The molecule has 3 nitrogen and oxygen atoms in total. The predicted molar refractivity (Wildman–Crippen MR) is 157 cm³/mol. The molecular weight excluding hydrogens is 452 g/mol. The standard InChI is InChI=1S/C34H36N2O/c1-7-12-26(13-8-2)27-18-20-28(21-19-27)35-25(6)24(5)33-29(14-9-3)23(4)17-22-32-34(36-33)30-15-10-11-16-31(30)37-32/h7-9,11-14,16-20,22,28,35H,1,5-6,10,15,21H2,2-4H3/b13-8-,14-9-,22-17?,23-17+,26-12+,29-23?,32-22+,33-29-,36-33?,36-34+. The fourth-order valence-corrected chi connectivity index (χ4v) is 4.73. The van der Waals surface area contributed by atoms with Crippen molar-refractivity contribution >= 4 is 12.2 Å². The molecule has 37 heavy (non-hydrogen) atoms. The van der Waals surface area contributed by atoms with Gasteiger partial charge in [0.25, 0.3) is 0 Å². The van der Waals surface area contributed by atoms with Gasteiger partial charge in [0.2, 0.25) is 0 Å². The van der Waals surface area contributed by atoms with Gasteiger partial charge in [-0.25, -0.2) is 4.99 Å². The molecule has 188 valence electrons. The van der Waals surface area contributed by atoms with E-state index < -0.39 is 0 Å². The first kappa shape index (κ1) is 26.0. The maximum atomic E-state index is 6.16. The summed E-state index contributed by atoms with van der Waals surface area (Å²) in [6.07, 6.45) is 29.8. The van der Waals surface area contributed by atoms with Gasteiger partial charge in [0.05, 0.1) is 5.70 Å². The van der Waals surface area contributed by atoms with Crippen LogP contribution < -0.4 is 16.1 Å². The van der Waals surface area contributed by atoms with Crippen molar-refractivity contribution in [3.05, 3.63) is 148 Å². The average molecular weight is 489 g/mol. The zero-order chi connectivity index (χ0) is 26.4. The number of nitrogens with one attached hydrogen (secondary N) is 1. The number of fused-ring (bicyclic) bond motifs is 3. The Morgan fingerprint density at radius 1 is 1.16 bits per heavy atom. The van der Waals surface area contributed by atoms with E-state index in [9.17, 15) is 0 Å². The minimum Gasteiger partial charge on any atom is -0.455 e. The molecule has 0 saturated carbocycles. The highest BCUT2D eigenvalue weighted by Gasteiger charge is 2.20. The number of allylic oxidation sites excluding steroid dienone is 13. The summed E-state index contributed by atoms with van der Waals surface area (Å²) < 4.78 is 6.16. The summed E-state index contributed by atoms with van der Waals surface area (Å²) in [5, 5.41) is 4.46. The number of furan rings is 1. The summed E-state index contributed by atoms with van der Waals surface area (Å²) in [5.41, 5.74) is 8.77. The quantitative estimate of drug-likeness (QED) is 0.399. The third-order valence-corrected chi connectivity index (χ3v) is 6.67. The van der Waals surface area contributed by atoms with Gasteiger partial charge in [-0.05, 0) is 68.9 Å². The summed E-state index contributed by atoms with van der Waals surface area (Å²) in [7, 11) is 0. The monoisotopic (exact) mass is 488 g/mol. The molecule has 0 amide bonds. The summed E-state index contributed by atoms with van der Waals surface area (Å²) in [5.74, 6) is 0.899. The highest BCUT2D eigenvalue weighted by Crippen LogP contribution is 2.28. The van der Waals surface area contributed by atoms with Crippen LogP contribution in [-0.4, -0.2) is 6.04 Å². The van der Waals surface area contributed by atoms with Gasteiger partial charge in [-0.1, -0.05) is 86.6 Å². The second-order valence-electron chi connectivity index (χ2n) is 9.31. The van der Waals surface area contributed by atoms with Gasteiger partial charge in [0.1, 0.15) is 11.1 Å². The first-order chi connectivity index (χ1) is 18.0. The lowest BCUT2D eigenvalue weighted by atomic mass is 9.95. The zero-order valence-electron chi connectivity index (χ0n) is 22.2. The molecule has 2 heterocycles. The van der Waals surface area contributed by atoms with Crippen LogP contribution in [0.3, 0.4) is 0 Å². The van der Waals surface area contributed by atoms with Gasteiger partial charge in [-0.15, -0.1) is 0 Å². The van der Waals surface area contributed by atoms with Crippen LogP contribution in [0.5, 0.6) is 0 Å². The molecule has 0 radical (unpaired) electrons. The minimum absolute atomic E-state index is 0.121. The van der Waals surface area contributed by atoms with Crippen molar-refractivity contribution in [2.75, 3.05) is 0 Å². The normalized spacial score (nSPS) is 24.5. The second kappa shape index (κ2) is 11.7. The Hall–Kier alpha value is -4.11. The molecule has 4 rings (SSSR count). The third kappa shape index (κ3) is 5.67. The van der Waals surface area contributed by atoms with E-state index in [-0.39, 0.29) is 6.04 Å². The molecule has 3 heteroatoms. The molecule has 1 aliphatic heterocycles. The molecule has 0 aromatic carbocycles. The van der Waals surface area contributed by atoms with Gasteiger partial charge >= 0.3 is 0 Å². The van der Waals surface area contributed by atoms with E-state index >= 15 is 0 Å². The van der Waals surface area contributed by atoms with Crippen molar-refractivity contribution in [1.82, 2.24) is 5.32 Å². The number of nitrogens with zero attached hydrogens (tertiary/aromatic N) is 1. The predicted octanol–water partition coefficient (Wildman–Crippen LogP) is 7.03. The summed E-state index contributed by atoms with van der Waals surface area (Å²) >= 11 is 0. The molecule has 1 aromatic heterocycles. The summed E-state index contributed by atoms with van der Waals surface area (Å²) in [4.78, 5) is 5.19. The molecule has 1 N–H and O–H groups in total. The molecule has 0 bridgehead atoms. The molecule has 1 unspecified atom stereocenters. The summed E-state index contributed by atoms with van der Waals surface area (Å²) in [6.45, 7) is 18.8. The van der Waals surface area contributed by atoms with Crippen LogP contribution in [0.15, 0.2) is 135 Å². The van der Waals surface area contributed by atoms with E-state index in [1.54, 1.807) is 0 Å². The first-order valence-corrected chi connectivity index (χ1v) is 12.9. The lowest BCUT2D eigenvalue weighted by molar-refractivity contribution is 0.516. The number of hydrogen-bond donors (Lipinski definition) is 1. The van der Waals surface area contributed by atoms with Crippen molar-refractivity contribution in [2.24, 2.45) is 4.99 Å². The van der Waals surface area contributed by atoms with Crippen molar-refractivity contribution in [2.45, 2.75) is 46.1 Å². The van der Waals surface area contributed by atoms with E-state index in [0.29, 0.717) is 0 Å². The average Bonchev–Trinajstić information content (AvgIpc) is 3.25. The van der Waals surface area contributed by atoms with Crippen molar-refractivity contribution in [3.8, 4) is 0 Å². The molecule has 2 aliphatic carbocycles. The SMILES string of the molecule is C=C/C=C(\C=C/C)C1=CCC(NC(=C)C(=C)C2=C(\C=C/C)C(/C)=C/C=c3/oc4c(/c3=N\2)CCC=C4)C=C1. The van der Waals surface area contributed by atoms with E-state index in [2.05, 4.69) is 80.6 Å². The minimum atomic E-state index is 0.121. The van der Waals surface area contributed by atoms with E-state index in [0.717, 1.165) is 75.0 Å².